The number of carbonyl (C=O) groups excluding carboxylic acids is 2. The minimum atomic E-state index is -0.675. The fraction of sp³-hybridized carbons (Fsp3) is 0.308. The van der Waals surface area contributed by atoms with E-state index in [1.807, 2.05) is 6.07 Å². The van der Waals surface area contributed by atoms with Crippen LogP contribution in [0.3, 0.4) is 0 Å². The summed E-state index contributed by atoms with van der Waals surface area (Å²) in [5.74, 6) is -0.306. The minimum Gasteiger partial charge on any atom is -0.468 e. The Kier molecular flexibility index (Phi) is 4.62. The van der Waals surface area contributed by atoms with Crippen molar-refractivity contribution in [2.24, 2.45) is 5.16 Å². The molecule has 0 aromatic heterocycles. The number of oxime groups is 1. The number of hydrogen-bond acceptors (Lipinski definition) is 6. The third-order valence-corrected chi connectivity index (χ3v) is 4.22. The zero-order chi connectivity index (χ0) is 14.5. The lowest BCUT2D eigenvalue weighted by Gasteiger charge is -2.13. The summed E-state index contributed by atoms with van der Waals surface area (Å²) >= 11 is 1.27. The standard InChI is InChI=1S/C13H14N2O4S/c1-19-13(17)11-10(15-18)9(7-20-11)14-12(16)8-5-3-2-4-6-8/h2-6,9,11,18H,7H2,1H3,(H,14,16)/b15-10+/t9-,11+/m1/s1. The molecular weight excluding hydrogens is 280 g/mol. The van der Waals surface area contributed by atoms with E-state index in [1.54, 1.807) is 24.3 Å². The van der Waals surface area contributed by atoms with Crippen molar-refractivity contribution in [3.63, 3.8) is 0 Å². The summed E-state index contributed by atoms with van der Waals surface area (Å²) in [7, 11) is 1.27. The van der Waals surface area contributed by atoms with Crippen LogP contribution in [0.4, 0.5) is 0 Å². The van der Waals surface area contributed by atoms with Gasteiger partial charge in [-0.25, -0.2) is 0 Å². The van der Waals surface area contributed by atoms with Gasteiger partial charge in [0.25, 0.3) is 5.91 Å². The van der Waals surface area contributed by atoms with E-state index >= 15 is 0 Å². The molecule has 0 radical (unpaired) electrons. The highest BCUT2D eigenvalue weighted by atomic mass is 32.2. The molecule has 0 unspecified atom stereocenters. The van der Waals surface area contributed by atoms with Gasteiger partial charge in [0, 0.05) is 11.3 Å². The summed E-state index contributed by atoms with van der Waals surface area (Å²) in [6, 6.07) is 8.22. The molecule has 1 aliphatic rings. The van der Waals surface area contributed by atoms with Crippen molar-refractivity contribution in [1.82, 2.24) is 5.32 Å². The maximum absolute atomic E-state index is 12.0. The third kappa shape index (κ3) is 2.93. The highest BCUT2D eigenvalue weighted by Crippen LogP contribution is 2.26. The van der Waals surface area contributed by atoms with Crippen LogP contribution < -0.4 is 5.32 Å². The number of benzene rings is 1. The van der Waals surface area contributed by atoms with Crippen LogP contribution in [-0.4, -0.2) is 46.9 Å². The molecule has 0 saturated carbocycles. The van der Waals surface area contributed by atoms with Gasteiger partial charge in [-0.1, -0.05) is 23.4 Å². The molecule has 1 saturated heterocycles. The number of nitrogens with zero attached hydrogens (tertiary/aromatic N) is 1. The van der Waals surface area contributed by atoms with Gasteiger partial charge in [-0.05, 0) is 12.1 Å². The van der Waals surface area contributed by atoms with Gasteiger partial charge in [0.1, 0.15) is 11.0 Å². The lowest BCUT2D eigenvalue weighted by molar-refractivity contribution is -0.138. The lowest BCUT2D eigenvalue weighted by Crippen LogP contribution is -2.43. The van der Waals surface area contributed by atoms with Gasteiger partial charge in [-0.2, -0.15) is 0 Å². The fourth-order valence-corrected chi connectivity index (χ4v) is 3.16. The van der Waals surface area contributed by atoms with Crippen molar-refractivity contribution < 1.29 is 19.5 Å². The van der Waals surface area contributed by atoms with Crippen LogP contribution in [-0.2, 0) is 9.53 Å². The van der Waals surface area contributed by atoms with Crippen LogP contribution in [0.25, 0.3) is 0 Å². The van der Waals surface area contributed by atoms with Crippen molar-refractivity contribution in [1.29, 1.82) is 0 Å². The van der Waals surface area contributed by atoms with E-state index in [-0.39, 0.29) is 11.6 Å². The molecule has 2 rings (SSSR count). The molecule has 1 heterocycles. The van der Waals surface area contributed by atoms with Crippen LogP contribution in [0.15, 0.2) is 35.5 Å². The first-order valence-electron chi connectivity index (χ1n) is 5.94. The molecule has 0 spiro atoms. The van der Waals surface area contributed by atoms with E-state index in [2.05, 4.69) is 15.2 Å². The maximum atomic E-state index is 12.0. The van der Waals surface area contributed by atoms with Gasteiger partial charge in [0.05, 0.1) is 13.2 Å². The summed E-state index contributed by atoms with van der Waals surface area (Å²) in [6.07, 6.45) is 0. The average Bonchev–Trinajstić information content (AvgIpc) is 2.89. The fourth-order valence-electron chi connectivity index (χ4n) is 1.91. The number of rotatable bonds is 3. The Bertz CT molecular complexity index is 532. The molecule has 7 heteroatoms. The molecule has 1 fully saturated rings. The van der Waals surface area contributed by atoms with Crippen molar-refractivity contribution >= 4 is 29.4 Å². The number of ether oxygens (including phenoxy) is 1. The van der Waals surface area contributed by atoms with Gasteiger partial charge < -0.3 is 15.3 Å². The predicted molar refractivity (Wildman–Crippen MR) is 75.2 cm³/mol. The average molecular weight is 294 g/mol. The van der Waals surface area contributed by atoms with Gasteiger partial charge in [0.2, 0.25) is 0 Å². The molecular formula is C13H14N2O4S. The maximum Gasteiger partial charge on any atom is 0.324 e. The smallest absolute Gasteiger partial charge is 0.324 e. The Labute approximate surface area is 120 Å². The molecule has 6 nitrogen and oxygen atoms in total. The topological polar surface area (TPSA) is 88.0 Å². The molecule has 20 heavy (non-hydrogen) atoms. The van der Waals surface area contributed by atoms with Crippen LogP contribution in [0.2, 0.25) is 0 Å². The second-order valence-electron chi connectivity index (χ2n) is 4.15. The Morgan fingerprint density at radius 3 is 2.70 bits per heavy atom. The molecule has 1 amide bonds. The molecule has 1 aromatic rings. The van der Waals surface area contributed by atoms with Crippen LogP contribution >= 0.6 is 11.8 Å². The number of thioether (sulfide) groups is 1. The zero-order valence-electron chi connectivity index (χ0n) is 10.8. The number of carbonyl (C=O) groups is 2. The Morgan fingerprint density at radius 1 is 1.40 bits per heavy atom. The number of amides is 1. The van der Waals surface area contributed by atoms with Crippen molar-refractivity contribution in [3.05, 3.63) is 35.9 Å². The largest absolute Gasteiger partial charge is 0.468 e. The molecule has 0 bridgehead atoms. The Hall–Kier alpha value is -2.02. The Morgan fingerprint density at radius 2 is 2.10 bits per heavy atom. The van der Waals surface area contributed by atoms with Gasteiger partial charge >= 0.3 is 5.97 Å². The Balaban J connectivity index is 2.07. The minimum absolute atomic E-state index is 0.214. The van der Waals surface area contributed by atoms with Crippen LogP contribution in [0.1, 0.15) is 10.4 Å². The van der Waals surface area contributed by atoms with Crippen molar-refractivity contribution in [2.45, 2.75) is 11.3 Å². The van der Waals surface area contributed by atoms with Gasteiger partial charge in [-0.3, -0.25) is 9.59 Å². The van der Waals surface area contributed by atoms with Crippen molar-refractivity contribution in [2.75, 3.05) is 12.9 Å². The van der Waals surface area contributed by atoms with Gasteiger partial charge in [0.15, 0.2) is 0 Å². The first kappa shape index (κ1) is 14.4. The van der Waals surface area contributed by atoms with E-state index in [1.165, 1.54) is 18.9 Å². The second-order valence-corrected chi connectivity index (χ2v) is 5.29. The van der Waals surface area contributed by atoms with E-state index < -0.39 is 17.3 Å². The van der Waals surface area contributed by atoms with Crippen molar-refractivity contribution in [3.8, 4) is 0 Å². The third-order valence-electron chi connectivity index (χ3n) is 2.93. The highest BCUT2D eigenvalue weighted by molar-refractivity contribution is 8.02. The van der Waals surface area contributed by atoms with E-state index in [0.717, 1.165) is 0 Å². The highest BCUT2D eigenvalue weighted by Gasteiger charge is 2.39. The molecule has 106 valence electrons. The molecule has 1 aromatic carbocycles. The zero-order valence-corrected chi connectivity index (χ0v) is 11.6. The first-order chi connectivity index (χ1) is 9.67. The molecule has 2 N–H and O–H groups in total. The van der Waals surface area contributed by atoms with E-state index in [4.69, 9.17) is 5.21 Å². The van der Waals surface area contributed by atoms with E-state index in [0.29, 0.717) is 11.3 Å². The second kappa shape index (κ2) is 6.42. The summed E-state index contributed by atoms with van der Waals surface area (Å²) < 4.78 is 4.64. The predicted octanol–water partition coefficient (Wildman–Crippen LogP) is 0.904. The van der Waals surface area contributed by atoms with Crippen LogP contribution in [0, 0.1) is 0 Å². The quantitative estimate of drug-likeness (QED) is 0.491. The number of hydrogen-bond donors (Lipinski definition) is 2. The summed E-state index contributed by atoms with van der Waals surface area (Å²) in [6.45, 7) is 0. The normalized spacial score (nSPS) is 23.6. The number of esters is 1. The monoisotopic (exact) mass is 294 g/mol. The number of nitrogens with one attached hydrogen (secondary N) is 1. The molecule has 1 aliphatic heterocycles. The van der Waals surface area contributed by atoms with Crippen LogP contribution in [0.5, 0.6) is 0 Å². The first-order valence-corrected chi connectivity index (χ1v) is 6.99. The number of methoxy groups -OCH3 is 1. The van der Waals surface area contributed by atoms with E-state index in [9.17, 15) is 9.59 Å². The summed E-state index contributed by atoms with van der Waals surface area (Å²) in [5, 5.41) is 14.3. The SMILES string of the molecule is COC(=O)[C@H]1SC[C@@H](NC(=O)c2ccccc2)/C1=N\O. The molecule has 0 aliphatic carbocycles. The molecule has 2 atom stereocenters. The lowest BCUT2D eigenvalue weighted by atomic mass is 10.1. The summed E-state index contributed by atoms with van der Waals surface area (Å²) in [5.41, 5.74) is 0.724. The summed E-state index contributed by atoms with van der Waals surface area (Å²) in [4.78, 5) is 23.6. The van der Waals surface area contributed by atoms with Gasteiger partial charge in [-0.15, -0.1) is 11.8 Å².